The zero-order valence-electron chi connectivity index (χ0n) is 16.1. The zero-order valence-corrected chi connectivity index (χ0v) is 16.9. The van der Waals surface area contributed by atoms with Gasteiger partial charge in [-0.3, -0.25) is 0 Å². The van der Waals surface area contributed by atoms with Crippen LogP contribution < -0.4 is 15.8 Å². The fraction of sp³-hybridized carbons (Fsp3) is 0.167. The largest absolute Gasteiger partial charge is 0.497 e. The first-order chi connectivity index (χ1) is 14.0. The van der Waals surface area contributed by atoms with Gasteiger partial charge in [-0.2, -0.15) is 9.52 Å². The molecule has 0 atom stereocenters. The molecule has 11 heteroatoms. The summed E-state index contributed by atoms with van der Waals surface area (Å²) in [4.78, 5) is 27.8. The van der Waals surface area contributed by atoms with Crippen molar-refractivity contribution >= 4 is 35.8 Å². The first-order valence-electron chi connectivity index (χ1n) is 8.48. The average molecular weight is 412 g/mol. The van der Waals surface area contributed by atoms with Gasteiger partial charge >= 0.3 is 6.03 Å². The highest BCUT2D eigenvalue weighted by atomic mass is 32.2. The lowest BCUT2D eigenvalue weighted by atomic mass is 10.2. The van der Waals surface area contributed by atoms with Gasteiger partial charge < -0.3 is 20.8 Å². The number of methoxy groups -OCH3 is 1. The smallest absolute Gasteiger partial charge is 0.345 e. The number of aromatic nitrogens is 4. The molecule has 0 aliphatic carbocycles. The van der Waals surface area contributed by atoms with Crippen LogP contribution in [0.5, 0.6) is 5.75 Å². The second-order valence-corrected chi connectivity index (χ2v) is 6.48. The van der Waals surface area contributed by atoms with Gasteiger partial charge in [0.2, 0.25) is 5.95 Å². The van der Waals surface area contributed by atoms with Crippen LogP contribution in [-0.4, -0.2) is 50.0 Å². The molecule has 0 saturated carbocycles. The fourth-order valence-electron chi connectivity index (χ4n) is 2.38. The Morgan fingerprint density at radius 1 is 1.28 bits per heavy atom. The molecule has 0 fully saturated rings. The SMILES string of the molecule is COc1ccc(Nc2nc(/C=N/N(SC)C(N)=O)cc(-c3c[nH]c(C)n3)n2)cc1. The molecule has 0 aliphatic heterocycles. The number of hydrogen-bond donors (Lipinski definition) is 3. The molecule has 0 spiro atoms. The van der Waals surface area contributed by atoms with Gasteiger partial charge in [0.1, 0.15) is 17.3 Å². The fourth-order valence-corrected chi connectivity index (χ4v) is 2.70. The third-order valence-corrected chi connectivity index (χ3v) is 4.34. The number of aromatic amines is 1. The molecular weight excluding hydrogens is 392 g/mol. The van der Waals surface area contributed by atoms with Crippen molar-refractivity contribution in [1.29, 1.82) is 0 Å². The summed E-state index contributed by atoms with van der Waals surface area (Å²) in [6, 6.07) is 8.40. The second-order valence-electron chi connectivity index (χ2n) is 5.76. The number of H-pyrrole nitrogens is 1. The van der Waals surface area contributed by atoms with Gasteiger partial charge in [-0.1, -0.05) is 0 Å². The summed E-state index contributed by atoms with van der Waals surface area (Å²) in [5, 5.41) is 7.21. The number of hydrogen-bond acceptors (Lipinski definition) is 8. The van der Waals surface area contributed by atoms with Gasteiger partial charge in [0, 0.05) is 18.1 Å². The maximum absolute atomic E-state index is 11.3. The maximum Gasteiger partial charge on any atom is 0.345 e. The third kappa shape index (κ3) is 5.23. The van der Waals surface area contributed by atoms with E-state index < -0.39 is 6.03 Å². The Kier molecular flexibility index (Phi) is 6.29. The van der Waals surface area contributed by atoms with Gasteiger partial charge in [0.25, 0.3) is 0 Å². The van der Waals surface area contributed by atoms with Crippen molar-refractivity contribution in [3.8, 4) is 17.1 Å². The summed E-state index contributed by atoms with van der Waals surface area (Å²) >= 11 is 1.08. The summed E-state index contributed by atoms with van der Waals surface area (Å²) in [5.41, 5.74) is 7.79. The number of nitrogens with two attached hydrogens (primary N) is 1. The van der Waals surface area contributed by atoms with Crippen molar-refractivity contribution in [3.05, 3.63) is 48.0 Å². The van der Waals surface area contributed by atoms with E-state index in [0.717, 1.165) is 33.6 Å². The molecule has 29 heavy (non-hydrogen) atoms. The number of hydrazone groups is 1. The van der Waals surface area contributed by atoms with Crippen molar-refractivity contribution in [2.75, 3.05) is 18.7 Å². The number of nitrogens with one attached hydrogen (secondary N) is 2. The minimum atomic E-state index is -0.678. The molecule has 10 nitrogen and oxygen atoms in total. The number of ether oxygens (including phenoxy) is 1. The lowest BCUT2D eigenvalue weighted by molar-refractivity contribution is 0.236. The molecule has 2 heterocycles. The molecular formula is C18H20N8O2S. The molecule has 2 aromatic heterocycles. The van der Waals surface area contributed by atoms with Crippen LogP contribution in [0.2, 0.25) is 0 Å². The van der Waals surface area contributed by atoms with E-state index in [-0.39, 0.29) is 0 Å². The minimum absolute atomic E-state index is 0.351. The number of rotatable bonds is 7. The highest BCUT2D eigenvalue weighted by molar-refractivity contribution is 7.96. The minimum Gasteiger partial charge on any atom is -0.497 e. The van der Waals surface area contributed by atoms with E-state index in [9.17, 15) is 4.79 Å². The normalized spacial score (nSPS) is 10.9. The maximum atomic E-state index is 11.3. The van der Waals surface area contributed by atoms with Crippen LogP contribution in [0, 0.1) is 6.92 Å². The van der Waals surface area contributed by atoms with E-state index in [0.29, 0.717) is 23.0 Å². The van der Waals surface area contributed by atoms with E-state index >= 15 is 0 Å². The van der Waals surface area contributed by atoms with Crippen molar-refractivity contribution in [3.63, 3.8) is 0 Å². The molecule has 0 saturated heterocycles. The molecule has 150 valence electrons. The van der Waals surface area contributed by atoms with E-state index in [1.54, 1.807) is 25.6 Å². The van der Waals surface area contributed by atoms with Crippen LogP contribution in [0.3, 0.4) is 0 Å². The van der Waals surface area contributed by atoms with Crippen molar-refractivity contribution < 1.29 is 9.53 Å². The van der Waals surface area contributed by atoms with E-state index in [2.05, 4.69) is 30.4 Å². The summed E-state index contributed by atoms with van der Waals surface area (Å²) in [6.07, 6.45) is 4.88. The number of nitrogens with zero attached hydrogens (tertiary/aromatic N) is 5. The molecule has 3 rings (SSSR count). The number of imidazole rings is 1. The first kappa shape index (κ1) is 20.1. The monoisotopic (exact) mass is 412 g/mol. The van der Waals surface area contributed by atoms with Crippen LogP contribution in [0.4, 0.5) is 16.4 Å². The number of urea groups is 1. The zero-order chi connectivity index (χ0) is 20.8. The van der Waals surface area contributed by atoms with Gasteiger partial charge in [-0.15, -0.1) is 0 Å². The summed E-state index contributed by atoms with van der Waals surface area (Å²) in [6.45, 7) is 1.85. The highest BCUT2D eigenvalue weighted by Crippen LogP contribution is 2.21. The number of aryl methyl sites for hydroxylation is 1. The Hall–Kier alpha value is -3.60. The second kappa shape index (κ2) is 9.06. The lowest BCUT2D eigenvalue weighted by Crippen LogP contribution is -2.25. The number of amides is 2. The van der Waals surface area contributed by atoms with Crippen LogP contribution in [0.1, 0.15) is 11.5 Å². The van der Waals surface area contributed by atoms with Gasteiger partial charge in [0.05, 0.1) is 24.7 Å². The van der Waals surface area contributed by atoms with E-state index in [1.165, 1.54) is 6.21 Å². The van der Waals surface area contributed by atoms with Crippen LogP contribution in [0.15, 0.2) is 41.6 Å². The standard InChI is InChI=1S/C18H20N8O2S/c1-11-20-10-16(22-11)15-8-13(9-21-26(29-3)17(19)27)24-18(25-15)23-12-4-6-14(28-2)7-5-12/h4-10H,1-3H3,(H2,19,27)(H,20,22)(H,23,24,25)/b21-9+. The van der Waals surface area contributed by atoms with E-state index in [1.807, 2.05) is 31.2 Å². The Morgan fingerprint density at radius 2 is 2.03 bits per heavy atom. The quantitative estimate of drug-likeness (QED) is 0.308. The van der Waals surface area contributed by atoms with Crippen LogP contribution in [0.25, 0.3) is 11.4 Å². The van der Waals surface area contributed by atoms with Gasteiger partial charge in [0.15, 0.2) is 0 Å². The average Bonchev–Trinajstić information content (AvgIpc) is 3.15. The predicted molar refractivity (Wildman–Crippen MR) is 113 cm³/mol. The van der Waals surface area contributed by atoms with E-state index in [4.69, 9.17) is 10.5 Å². The van der Waals surface area contributed by atoms with Crippen LogP contribution in [-0.2, 0) is 0 Å². The van der Waals surface area contributed by atoms with Crippen molar-refractivity contribution in [2.45, 2.75) is 6.92 Å². The molecule has 0 aliphatic rings. The van der Waals surface area contributed by atoms with Crippen molar-refractivity contribution in [2.24, 2.45) is 10.8 Å². The Morgan fingerprint density at radius 3 is 2.62 bits per heavy atom. The van der Waals surface area contributed by atoms with Crippen molar-refractivity contribution in [1.82, 2.24) is 24.4 Å². The predicted octanol–water partition coefficient (Wildman–Crippen LogP) is 2.92. The lowest BCUT2D eigenvalue weighted by Gasteiger charge is -2.10. The molecule has 2 amide bonds. The first-order valence-corrected chi connectivity index (χ1v) is 9.67. The van der Waals surface area contributed by atoms with Gasteiger partial charge in [-0.25, -0.2) is 19.7 Å². The molecule has 0 unspecified atom stereocenters. The summed E-state index contributed by atoms with van der Waals surface area (Å²) in [7, 11) is 1.61. The Labute approximate surface area is 171 Å². The summed E-state index contributed by atoms with van der Waals surface area (Å²) < 4.78 is 6.22. The number of benzene rings is 1. The highest BCUT2D eigenvalue weighted by Gasteiger charge is 2.10. The molecule has 3 aromatic rings. The van der Waals surface area contributed by atoms with Crippen LogP contribution >= 0.6 is 11.9 Å². The molecule has 0 radical (unpaired) electrons. The van der Waals surface area contributed by atoms with Gasteiger partial charge in [-0.05, 0) is 49.2 Å². The summed E-state index contributed by atoms with van der Waals surface area (Å²) in [5.74, 6) is 1.86. The number of carbonyl (C=O) groups is 1. The Bertz CT molecular complexity index is 1020. The topological polar surface area (TPSA) is 134 Å². The Balaban J connectivity index is 1.95. The molecule has 4 N–H and O–H groups in total. The molecule has 0 bridgehead atoms. The molecule has 1 aromatic carbocycles. The third-order valence-electron chi connectivity index (χ3n) is 3.72. The number of carbonyl (C=O) groups excluding carboxylic acids is 1. The number of anilines is 2. The number of primary amides is 1.